The first-order valence-electron chi connectivity index (χ1n) is 6.68. The molecule has 102 valence electrons. The second-order valence-electron chi connectivity index (χ2n) is 4.75. The van der Waals surface area contributed by atoms with Gasteiger partial charge >= 0.3 is 0 Å². The van der Waals surface area contributed by atoms with Crippen LogP contribution in [0.5, 0.6) is 11.6 Å². The van der Waals surface area contributed by atoms with Crippen LogP contribution in [0.15, 0.2) is 48.7 Å². The molecule has 2 heterocycles. The molecule has 0 saturated heterocycles. The van der Waals surface area contributed by atoms with Gasteiger partial charge < -0.3 is 14.9 Å². The third-order valence-corrected chi connectivity index (χ3v) is 3.18. The molecule has 2 aromatic heterocycles. The van der Waals surface area contributed by atoms with Gasteiger partial charge in [-0.3, -0.25) is 0 Å². The zero-order chi connectivity index (χ0) is 13.9. The zero-order valence-electron chi connectivity index (χ0n) is 11.4. The van der Waals surface area contributed by atoms with Crippen molar-refractivity contribution in [1.82, 2.24) is 9.38 Å². The Morgan fingerprint density at radius 3 is 2.90 bits per heavy atom. The first-order valence-corrected chi connectivity index (χ1v) is 6.68. The lowest BCUT2D eigenvalue weighted by Gasteiger charge is -2.06. The van der Waals surface area contributed by atoms with E-state index >= 15 is 0 Å². The van der Waals surface area contributed by atoms with E-state index in [9.17, 15) is 0 Å². The Bertz CT molecular complexity index is 733. The molecule has 0 atom stereocenters. The molecule has 0 radical (unpaired) electrons. The maximum atomic E-state index is 5.94. The normalized spacial score (nSPS) is 10.9. The second kappa shape index (κ2) is 5.35. The fourth-order valence-corrected chi connectivity index (χ4v) is 2.26. The Balaban J connectivity index is 2.04. The van der Waals surface area contributed by atoms with Crippen LogP contribution in [0.1, 0.15) is 11.3 Å². The molecule has 3 aromatic rings. The predicted molar refractivity (Wildman–Crippen MR) is 79.2 cm³/mol. The summed E-state index contributed by atoms with van der Waals surface area (Å²) in [6.07, 6.45) is 2.71. The fourth-order valence-electron chi connectivity index (χ4n) is 2.26. The van der Waals surface area contributed by atoms with Crippen LogP contribution in [0.4, 0.5) is 0 Å². The monoisotopic (exact) mass is 267 g/mol. The highest BCUT2D eigenvalue weighted by molar-refractivity contribution is 5.47. The van der Waals surface area contributed by atoms with Gasteiger partial charge in [-0.05, 0) is 43.3 Å². The molecule has 0 fully saturated rings. The maximum Gasteiger partial charge on any atom is 0.241 e. The summed E-state index contributed by atoms with van der Waals surface area (Å²) < 4.78 is 7.97. The van der Waals surface area contributed by atoms with Crippen molar-refractivity contribution in [3.05, 3.63) is 59.9 Å². The minimum absolute atomic E-state index is 0.562. The number of nitrogens with zero attached hydrogens (tertiary/aromatic N) is 2. The average Bonchev–Trinajstić information content (AvgIpc) is 2.77. The Kier molecular flexibility index (Phi) is 3.39. The molecular formula is C16H17N3O. The predicted octanol–water partition coefficient (Wildman–Crippen LogP) is 2.94. The number of ether oxygens (including phenoxy) is 1. The standard InChI is InChI=1S/C16H17N3O/c1-12-5-4-6-13(11-12)20-16-14(8-9-17)19-10-3-2-7-15(19)18-16/h2-7,10-11H,8-9,17H2,1H3. The van der Waals surface area contributed by atoms with Gasteiger partial charge in [-0.2, -0.15) is 4.98 Å². The zero-order valence-corrected chi connectivity index (χ0v) is 11.4. The lowest BCUT2D eigenvalue weighted by atomic mass is 10.2. The fraction of sp³-hybridized carbons (Fsp3) is 0.188. The summed E-state index contributed by atoms with van der Waals surface area (Å²) in [5.74, 6) is 1.43. The minimum Gasteiger partial charge on any atom is -0.437 e. The second-order valence-corrected chi connectivity index (χ2v) is 4.75. The van der Waals surface area contributed by atoms with Crippen molar-refractivity contribution < 1.29 is 4.74 Å². The Morgan fingerprint density at radius 1 is 1.20 bits per heavy atom. The van der Waals surface area contributed by atoms with E-state index in [0.717, 1.165) is 29.1 Å². The molecule has 20 heavy (non-hydrogen) atoms. The van der Waals surface area contributed by atoms with Crippen LogP contribution in [0.3, 0.4) is 0 Å². The van der Waals surface area contributed by atoms with Gasteiger partial charge in [0.05, 0.1) is 5.69 Å². The Hall–Kier alpha value is -2.33. The van der Waals surface area contributed by atoms with Gasteiger partial charge in [-0.15, -0.1) is 0 Å². The molecule has 2 N–H and O–H groups in total. The van der Waals surface area contributed by atoms with Gasteiger partial charge in [-0.25, -0.2) is 0 Å². The number of fused-ring (bicyclic) bond motifs is 1. The molecule has 0 aliphatic rings. The largest absolute Gasteiger partial charge is 0.437 e. The SMILES string of the molecule is Cc1cccc(Oc2nc3ccccn3c2CCN)c1. The summed E-state index contributed by atoms with van der Waals surface area (Å²) in [7, 11) is 0. The highest BCUT2D eigenvalue weighted by atomic mass is 16.5. The molecule has 0 saturated carbocycles. The highest BCUT2D eigenvalue weighted by Gasteiger charge is 2.13. The van der Waals surface area contributed by atoms with Crippen LogP contribution in [-0.2, 0) is 6.42 Å². The van der Waals surface area contributed by atoms with Crippen LogP contribution in [0.25, 0.3) is 5.65 Å². The number of pyridine rings is 1. The lowest BCUT2D eigenvalue weighted by molar-refractivity contribution is 0.459. The molecule has 0 amide bonds. The van der Waals surface area contributed by atoms with E-state index in [1.54, 1.807) is 0 Å². The summed E-state index contributed by atoms with van der Waals surface area (Å²) in [4.78, 5) is 4.54. The van der Waals surface area contributed by atoms with Gasteiger partial charge in [0.15, 0.2) is 0 Å². The van der Waals surface area contributed by atoms with E-state index < -0.39 is 0 Å². The van der Waals surface area contributed by atoms with E-state index in [-0.39, 0.29) is 0 Å². The van der Waals surface area contributed by atoms with Crippen LogP contribution in [-0.4, -0.2) is 15.9 Å². The highest BCUT2D eigenvalue weighted by Crippen LogP contribution is 2.26. The number of hydrogen-bond donors (Lipinski definition) is 1. The topological polar surface area (TPSA) is 52.5 Å². The van der Waals surface area contributed by atoms with Gasteiger partial charge in [0.2, 0.25) is 5.88 Å². The average molecular weight is 267 g/mol. The number of rotatable bonds is 4. The van der Waals surface area contributed by atoms with Gasteiger partial charge in [-0.1, -0.05) is 18.2 Å². The van der Waals surface area contributed by atoms with Crippen LogP contribution in [0.2, 0.25) is 0 Å². The maximum absolute atomic E-state index is 5.94. The summed E-state index contributed by atoms with van der Waals surface area (Å²) in [5, 5.41) is 0. The van der Waals surface area contributed by atoms with E-state index in [0.29, 0.717) is 12.4 Å². The number of nitrogens with two attached hydrogens (primary N) is 1. The molecule has 0 bridgehead atoms. The molecule has 0 unspecified atom stereocenters. The first-order chi connectivity index (χ1) is 9.78. The Labute approximate surface area is 117 Å². The third kappa shape index (κ3) is 2.38. The minimum atomic E-state index is 0.562. The van der Waals surface area contributed by atoms with Crippen LogP contribution < -0.4 is 10.5 Å². The van der Waals surface area contributed by atoms with Crippen molar-refractivity contribution in [3.63, 3.8) is 0 Å². The number of imidazole rings is 1. The van der Waals surface area contributed by atoms with Crippen molar-refractivity contribution in [2.75, 3.05) is 6.54 Å². The van der Waals surface area contributed by atoms with Gasteiger partial charge in [0.25, 0.3) is 0 Å². The van der Waals surface area contributed by atoms with Crippen LogP contribution in [0, 0.1) is 6.92 Å². The smallest absolute Gasteiger partial charge is 0.241 e. The van der Waals surface area contributed by atoms with Crippen molar-refractivity contribution in [3.8, 4) is 11.6 Å². The quantitative estimate of drug-likeness (QED) is 0.790. The first kappa shape index (κ1) is 12.7. The summed E-state index contributed by atoms with van der Waals surface area (Å²) in [6.45, 7) is 2.60. The van der Waals surface area contributed by atoms with Gasteiger partial charge in [0.1, 0.15) is 11.4 Å². The number of hydrogen-bond acceptors (Lipinski definition) is 3. The van der Waals surface area contributed by atoms with Crippen LogP contribution >= 0.6 is 0 Å². The van der Waals surface area contributed by atoms with E-state index in [4.69, 9.17) is 10.5 Å². The third-order valence-electron chi connectivity index (χ3n) is 3.18. The molecular weight excluding hydrogens is 250 g/mol. The van der Waals surface area contributed by atoms with Crippen molar-refractivity contribution in [1.29, 1.82) is 0 Å². The number of aryl methyl sites for hydroxylation is 1. The molecule has 1 aromatic carbocycles. The number of benzene rings is 1. The Morgan fingerprint density at radius 2 is 2.10 bits per heavy atom. The van der Waals surface area contributed by atoms with Crippen molar-refractivity contribution in [2.24, 2.45) is 5.73 Å². The van der Waals surface area contributed by atoms with E-state index in [1.165, 1.54) is 0 Å². The molecule has 0 aliphatic heterocycles. The lowest BCUT2D eigenvalue weighted by Crippen LogP contribution is -2.06. The van der Waals surface area contributed by atoms with Crippen molar-refractivity contribution in [2.45, 2.75) is 13.3 Å². The summed E-state index contributed by atoms with van der Waals surface area (Å²) >= 11 is 0. The van der Waals surface area contributed by atoms with Gasteiger partial charge in [0, 0.05) is 12.6 Å². The molecule has 0 aliphatic carbocycles. The summed E-state index contributed by atoms with van der Waals surface area (Å²) in [6, 6.07) is 13.8. The molecule has 3 rings (SSSR count). The van der Waals surface area contributed by atoms with E-state index in [2.05, 4.69) is 4.98 Å². The van der Waals surface area contributed by atoms with E-state index in [1.807, 2.05) is 60.0 Å². The molecule has 0 spiro atoms. The molecule has 4 heteroatoms. The number of aromatic nitrogens is 2. The molecule has 4 nitrogen and oxygen atoms in total. The summed E-state index contributed by atoms with van der Waals surface area (Å²) in [5.41, 5.74) is 8.74. The van der Waals surface area contributed by atoms with Crippen molar-refractivity contribution >= 4 is 5.65 Å².